The molecular weight excluding hydrogens is 356 g/mol. The van der Waals surface area contributed by atoms with E-state index in [-0.39, 0.29) is 11.1 Å². The van der Waals surface area contributed by atoms with Crippen LogP contribution in [-0.4, -0.2) is 0 Å². The molecule has 0 aliphatic rings. The van der Waals surface area contributed by atoms with Gasteiger partial charge in [-0.3, -0.25) is 0 Å². The smallest absolute Gasteiger partial charge is 0.213 e. The molecule has 3 heteroatoms. The summed E-state index contributed by atoms with van der Waals surface area (Å²) < 4.78 is 49.9. The van der Waals surface area contributed by atoms with Crippen LogP contribution < -0.4 is 4.57 Å². The van der Waals surface area contributed by atoms with Gasteiger partial charge in [-0.25, -0.2) is 0 Å². The molecule has 2 aromatic heterocycles. The monoisotopic (exact) mass is 388 g/mol. The van der Waals surface area contributed by atoms with E-state index in [0.717, 1.165) is 21.9 Å². The van der Waals surface area contributed by atoms with Crippen LogP contribution in [0, 0.1) is 37.9 Å². The maximum Gasteiger partial charge on any atom is 0.213 e. The molecule has 2 heterocycles. The van der Waals surface area contributed by atoms with Crippen LogP contribution in [-0.2, 0) is 13.4 Å². The Bertz CT molecular complexity index is 1490. The first-order valence-corrected chi connectivity index (χ1v) is 9.70. The molecule has 0 atom stereocenters. The average Bonchev–Trinajstić information content (AvgIpc) is 3.12. The summed E-state index contributed by atoms with van der Waals surface area (Å²) in [7, 11) is 1.80. The number of pyridine rings is 1. The van der Waals surface area contributed by atoms with Crippen LogP contribution in [0.1, 0.15) is 48.6 Å². The van der Waals surface area contributed by atoms with Crippen LogP contribution in [0.4, 0.5) is 0 Å². The lowest BCUT2D eigenvalue weighted by atomic mass is 9.92. The van der Waals surface area contributed by atoms with Crippen LogP contribution in [0.25, 0.3) is 33.2 Å². The van der Waals surface area contributed by atoms with E-state index in [9.17, 15) is 5.26 Å². The van der Waals surface area contributed by atoms with Gasteiger partial charge in [0.2, 0.25) is 5.69 Å². The molecule has 0 saturated carbocycles. The second kappa shape index (κ2) is 7.04. The quantitative estimate of drug-likeness (QED) is 0.399. The highest BCUT2D eigenvalue weighted by Gasteiger charge is 2.24. The molecule has 0 spiro atoms. The van der Waals surface area contributed by atoms with E-state index < -0.39 is 19.1 Å². The molecule has 146 valence electrons. The summed E-state index contributed by atoms with van der Waals surface area (Å²) in [5.74, 6) is -0.432. The van der Waals surface area contributed by atoms with Gasteiger partial charge in [-0.1, -0.05) is 19.9 Å². The largest absolute Gasteiger partial charge is 0.456 e. The van der Waals surface area contributed by atoms with Crippen LogP contribution in [0.3, 0.4) is 0 Å². The standard InChI is InChI=1S/C26H27N2O/c1-15(2)11-20-13-22(28(6)18(5)17(20)4)25-16(3)7-9-24-26(25)21-12-19(14-27)8-10-23(21)29-24/h7-10,12-13,15H,11H2,1-6H3/q+1/i4D3,11D2. The van der Waals surface area contributed by atoms with Crippen LogP contribution in [0.5, 0.6) is 0 Å². The van der Waals surface area contributed by atoms with E-state index in [1.165, 1.54) is 0 Å². The highest BCUT2D eigenvalue weighted by molar-refractivity contribution is 6.12. The lowest BCUT2D eigenvalue weighted by molar-refractivity contribution is -0.667. The van der Waals surface area contributed by atoms with Gasteiger partial charge < -0.3 is 4.42 Å². The maximum atomic E-state index is 9.43. The van der Waals surface area contributed by atoms with Crippen LogP contribution in [0.2, 0.25) is 0 Å². The van der Waals surface area contributed by atoms with E-state index >= 15 is 0 Å². The zero-order chi connectivity index (χ0) is 25.2. The van der Waals surface area contributed by atoms with Crippen molar-refractivity contribution in [2.24, 2.45) is 13.0 Å². The molecule has 3 nitrogen and oxygen atoms in total. The van der Waals surface area contributed by atoms with Gasteiger partial charge in [0.25, 0.3) is 0 Å². The van der Waals surface area contributed by atoms with Gasteiger partial charge in [0.05, 0.1) is 17.2 Å². The van der Waals surface area contributed by atoms with E-state index in [4.69, 9.17) is 11.3 Å². The SMILES string of the molecule is [2H]C([2H])([2H])c1c(C([2H])([2H])C(C)C)cc(-c2c(C)ccc3oc4ccc(C#N)cc4c23)[n+](C)c1C. The Morgan fingerprint density at radius 1 is 1.17 bits per heavy atom. The van der Waals surface area contributed by atoms with Gasteiger partial charge in [0.15, 0.2) is 5.69 Å². The van der Waals surface area contributed by atoms with Crippen molar-refractivity contribution in [3.8, 4) is 17.3 Å². The average molecular weight is 389 g/mol. The molecule has 0 aliphatic carbocycles. The second-order valence-electron chi connectivity index (χ2n) is 7.82. The lowest BCUT2D eigenvalue weighted by Crippen LogP contribution is -2.36. The highest BCUT2D eigenvalue weighted by atomic mass is 16.3. The Labute approximate surface area is 179 Å². The van der Waals surface area contributed by atoms with Crippen molar-refractivity contribution in [1.29, 1.82) is 5.26 Å². The molecule has 4 aromatic rings. The molecule has 0 fully saturated rings. The predicted octanol–water partition coefficient (Wildman–Crippen LogP) is 6.07. The molecular formula is C26H27N2O+. The van der Waals surface area contributed by atoms with Crippen molar-refractivity contribution in [3.63, 3.8) is 0 Å². The number of nitriles is 1. The van der Waals surface area contributed by atoms with Gasteiger partial charge in [0, 0.05) is 36.2 Å². The third-order valence-corrected chi connectivity index (χ3v) is 5.45. The van der Waals surface area contributed by atoms with Gasteiger partial charge in [0.1, 0.15) is 18.2 Å². The minimum Gasteiger partial charge on any atom is -0.456 e. The van der Waals surface area contributed by atoms with Crippen molar-refractivity contribution in [2.45, 2.75) is 40.9 Å². The van der Waals surface area contributed by atoms with Gasteiger partial charge in [-0.15, -0.1) is 0 Å². The summed E-state index contributed by atoms with van der Waals surface area (Å²) in [6.07, 6.45) is -1.86. The van der Waals surface area contributed by atoms with Gasteiger partial charge in [-0.2, -0.15) is 9.83 Å². The van der Waals surface area contributed by atoms with Crippen molar-refractivity contribution in [1.82, 2.24) is 0 Å². The molecule has 0 saturated heterocycles. The minimum atomic E-state index is -2.47. The van der Waals surface area contributed by atoms with E-state index in [0.29, 0.717) is 28.1 Å². The molecule has 29 heavy (non-hydrogen) atoms. The van der Waals surface area contributed by atoms with Crippen molar-refractivity contribution >= 4 is 21.9 Å². The van der Waals surface area contributed by atoms with Crippen LogP contribution in [0.15, 0.2) is 40.8 Å². The topological polar surface area (TPSA) is 40.8 Å². The zero-order valence-electron chi connectivity index (χ0n) is 22.3. The van der Waals surface area contributed by atoms with Crippen LogP contribution >= 0.6 is 0 Å². The molecule has 0 radical (unpaired) electrons. The molecule has 2 aromatic carbocycles. The Morgan fingerprint density at radius 3 is 2.62 bits per heavy atom. The summed E-state index contributed by atoms with van der Waals surface area (Å²) in [5, 5.41) is 11.0. The Balaban J connectivity index is 2.20. The summed E-state index contributed by atoms with van der Waals surface area (Å²) in [4.78, 5) is 0. The fourth-order valence-electron chi connectivity index (χ4n) is 3.89. The first-order chi connectivity index (χ1) is 15.8. The lowest BCUT2D eigenvalue weighted by Gasteiger charge is -2.14. The Kier molecular flexibility index (Phi) is 3.39. The van der Waals surface area contributed by atoms with Crippen molar-refractivity contribution < 1.29 is 15.8 Å². The van der Waals surface area contributed by atoms with Gasteiger partial charge in [-0.05, 0) is 61.5 Å². The number of hydrogen-bond acceptors (Lipinski definition) is 2. The number of rotatable bonds is 3. The minimum absolute atomic E-state index is 0.0473. The molecule has 0 N–H and O–H groups in total. The van der Waals surface area contributed by atoms with Crippen molar-refractivity contribution in [3.05, 3.63) is 64.3 Å². The molecule has 0 unspecified atom stereocenters. The van der Waals surface area contributed by atoms with Crippen molar-refractivity contribution in [2.75, 3.05) is 0 Å². The maximum absolute atomic E-state index is 9.43. The summed E-state index contributed by atoms with van der Waals surface area (Å²) in [6.45, 7) is 4.73. The molecule has 0 aliphatic heterocycles. The number of furan rings is 1. The summed E-state index contributed by atoms with van der Waals surface area (Å²) in [5.41, 5.74) is 4.98. The first-order valence-electron chi connectivity index (χ1n) is 12.2. The number of aryl methyl sites for hydroxylation is 1. The van der Waals surface area contributed by atoms with E-state index in [1.807, 2.05) is 23.6 Å². The number of fused-ring (bicyclic) bond motifs is 3. The zero-order valence-corrected chi connectivity index (χ0v) is 17.3. The molecule has 0 bridgehead atoms. The normalized spacial score (nSPS) is 15.0. The van der Waals surface area contributed by atoms with E-state index in [2.05, 4.69) is 6.07 Å². The Morgan fingerprint density at radius 2 is 1.93 bits per heavy atom. The Hall–Kier alpha value is -3.12. The number of aromatic nitrogens is 1. The van der Waals surface area contributed by atoms with E-state index in [1.54, 1.807) is 52.1 Å². The summed E-state index contributed by atoms with van der Waals surface area (Å²) >= 11 is 0. The fourth-order valence-corrected chi connectivity index (χ4v) is 3.89. The van der Waals surface area contributed by atoms with Gasteiger partial charge >= 0.3 is 0 Å². The number of hydrogen-bond donors (Lipinski definition) is 0. The predicted molar refractivity (Wildman–Crippen MR) is 118 cm³/mol. The third-order valence-electron chi connectivity index (χ3n) is 5.45. The molecule has 0 amide bonds. The summed E-state index contributed by atoms with van der Waals surface area (Å²) in [6, 6.07) is 13.0. The molecule has 4 rings (SSSR count). The highest BCUT2D eigenvalue weighted by Crippen LogP contribution is 2.38. The third kappa shape index (κ3) is 3.09. The number of benzene rings is 2. The number of nitrogens with zero attached hydrogens (tertiary/aromatic N) is 2. The second-order valence-corrected chi connectivity index (χ2v) is 7.82. The first kappa shape index (κ1) is 14.0. The fraction of sp³-hybridized carbons (Fsp3) is 0.308.